The van der Waals surface area contributed by atoms with Gasteiger partial charge in [0.05, 0.1) is 6.54 Å². The molecule has 3 aromatic carbocycles. The van der Waals surface area contributed by atoms with Crippen molar-refractivity contribution in [1.29, 1.82) is 0 Å². The van der Waals surface area contributed by atoms with Crippen LogP contribution in [0.25, 0.3) is 10.8 Å². The molecule has 1 amide bonds. The number of hydrogen-bond acceptors (Lipinski definition) is 2. The maximum Gasteiger partial charge on any atom is 0.256 e. The van der Waals surface area contributed by atoms with E-state index in [0.29, 0.717) is 17.9 Å². The molecule has 5 heteroatoms. The number of nitrogens with zero attached hydrogens (tertiary/aromatic N) is 2. The molecular weight excluding hydrogens is 390 g/mol. The topological polar surface area (TPSA) is 46.9 Å². The fourth-order valence-corrected chi connectivity index (χ4v) is 3.18. The lowest BCUT2D eigenvalue weighted by molar-refractivity contribution is 0.102. The van der Waals surface area contributed by atoms with E-state index in [0.717, 1.165) is 4.47 Å². The number of hydrogen-bond donors (Lipinski definition) is 1. The highest BCUT2D eigenvalue weighted by molar-refractivity contribution is 9.10. The molecule has 0 saturated heterocycles. The summed E-state index contributed by atoms with van der Waals surface area (Å²) >= 11 is 3.37. The van der Waals surface area contributed by atoms with Crippen LogP contribution in [0.4, 0.5) is 5.82 Å². The van der Waals surface area contributed by atoms with E-state index in [1.165, 1.54) is 16.3 Å². The second kappa shape index (κ2) is 7.14. The lowest BCUT2D eigenvalue weighted by Crippen LogP contribution is -2.12. The van der Waals surface area contributed by atoms with Gasteiger partial charge in [0.2, 0.25) is 0 Å². The van der Waals surface area contributed by atoms with Gasteiger partial charge in [-0.3, -0.25) is 9.48 Å². The van der Waals surface area contributed by atoms with Crippen LogP contribution in [0.3, 0.4) is 0 Å². The van der Waals surface area contributed by atoms with E-state index in [2.05, 4.69) is 56.7 Å². The number of aromatic nitrogens is 2. The van der Waals surface area contributed by atoms with Crippen molar-refractivity contribution in [2.45, 2.75) is 6.54 Å². The summed E-state index contributed by atoms with van der Waals surface area (Å²) in [7, 11) is 0. The van der Waals surface area contributed by atoms with Gasteiger partial charge in [-0.1, -0.05) is 58.4 Å². The van der Waals surface area contributed by atoms with Crippen molar-refractivity contribution in [3.8, 4) is 0 Å². The summed E-state index contributed by atoms with van der Waals surface area (Å²) in [5, 5.41) is 9.73. The Kier molecular flexibility index (Phi) is 4.54. The number of halogens is 1. The van der Waals surface area contributed by atoms with E-state index >= 15 is 0 Å². The maximum atomic E-state index is 12.3. The van der Waals surface area contributed by atoms with Gasteiger partial charge in [0, 0.05) is 22.3 Å². The predicted molar refractivity (Wildman–Crippen MR) is 107 cm³/mol. The molecule has 0 unspecified atom stereocenters. The second-order valence-electron chi connectivity index (χ2n) is 6.00. The number of anilines is 1. The van der Waals surface area contributed by atoms with Crippen molar-refractivity contribution in [2.24, 2.45) is 0 Å². The molecule has 4 rings (SSSR count). The zero-order valence-corrected chi connectivity index (χ0v) is 15.5. The summed E-state index contributed by atoms with van der Waals surface area (Å²) in [5.41, 5.74) is 1.79. The van der Waals surface area contributed by atoms with Gasteiger partial charge in [-0.2, -0.15) is 5.10 Å². The summed E-state index contributed by atoms with van der Waals surface area (Å²) in [4.78, 5) is 12.3. The number of benzene rings is 3. The van der Waals surface area contributed by atoms with Crippen molar-refractivity contribution >= 4 is 38.4 Å². The normalized spacial score (nSPS) is 10.8. The van der Waals surface area contributed by atoms with Gasteiger partial charge in [0.25, 0.3) is 5.91 Å². The molecule has 0 aliphatic heterocycles. The van der Waals surface area contributed by atoms with E-state index in [-0.39, 0.29) is 5.91 Å². The average Bonchev–Trinajstić information content (AvgIpc) is 3.09. The van der Waals surface area contributed by atoms with Crippen LogP contribution in [-0.4, -0.2) is 15.7 Å². The molecule has 0 fully saturated rings. The third-order valence-electron chi connectivity index (χ3n) is 4.20. The molecule has 0 saturated carbocycles. The molecular formula is C21H16BrN3O. The molecule has 1 heterocycles. The predicted octanol–water partition coefficient (Wildman–Crippen LogP) is 5.10. The first-order valence-corrected chi connectivity index (χ1v) is 9.05. The van der Waals surface area contributed by atoms with Crippen LogP contribution in [0.1, 0.15) is 15.9 Å². The molecule has 0 atom stereocenters. The van der Waals surface area contributed by atoms with Gasteiger partial charge < -0.3 is 5.32 Å². The van der Waals surface area contributed by atoms with Crippen LogP contribution < -0.4 is 5.32 Å². The molecule has 0 radical (unpaired) electrons. The molecule has 0 spiro atoms. The minimum Gasteiger partial charge on any atom is -0.305 e. The van der Waals surface area contributed by atoms with Gasteiger partial charge in [-0.15, -0.1) is 0 Å². The molecule has 1 N–H and O–H groups in total. The molecule has 0 aliphatic rings. The van der Waals surface area contributed by atoms with Gasteiger partial charge in [0.1, 0.15) is 0 Å². The highest BCUT2D eigenvalue weighted by Gasteiger charge is 2.08. The Morgan fingerprint density at radius 1 is 0.962 bits per heavy atom. The van der Waals surface area contributed by atoms with Crippen LogP contribution in [0.15, 0.2) is 83.5 Å². The minimum atomic E-state index is -0.173. The highest BCUT2D eigenvalue weighted by Crippen LogP contribution is 2.19. The van der Waals surface area contributed by atoms with E-state index in [1.807, 2.05) is 41.2 Å². The number of amides is 1. The number of carbonyl (C=O) groups excluding carboxylic acids is 1. The van der Waals surface area contributed by atoms with E-state index < -0.39 is 0 Å². The summed E-state index contributed by atoms with van der Waals surface area (Å²) < 4.78 is 2.77. The third kappa shape index (κ3) is 3.53. The highest BCUT2D eigenvalue weighted by atomic mass is 79.9. The van der Waals surface area contributed by atoms with Gasteiger partial charge in [-0.05, 0) is 40.6 Å². The Morgan fingerprint density at radius 2 is 1.73 bits per heavy atom. The smallest absolute Gasteiger partial charge is 0.256 e. The van der Waals surface area contributed by atoms with Crippen LogP contribution >= 0.6 is 15.9 Å². The molecule has 0 aliphatic carbocycles. The Balaban J connectivity index is 1.51. The minimum absolute atomic E-state index is 0.173. The first kappa shape index (κ1) is 16.5. The van der Waals surface area contributed by atoms with Crippen LogP contribution in [0, 0.1) is 0 Å². The number of nitrogens with one attached hydrogen (secondary N) is 1. The zero-order valence-electron chi connectivity index (χ0n) is 13.9. The molecule has 4 aromatic rings. The fourth-order valence-electron chi connectivity index (χ4n) is 2.91. The molecule has 26 heavy (non-hydrogen) atoms. The van der Waals surface area contributed by atoms with E-state index in [1.54, 1.807) is 12.1 Å². The standard InChI is InChI=1S/C21H16BrN3O/c22-18-10-8-16(9-11-18)21(26)23-20-12-13-25(24-20)14-17-6-3-5-15-4-1-2-7-19(15)17/h1-13H,14H2,(H,23,24,26). The zero-order chi connectivity index (χ0) is 17.9. The van der Waals surface area contributed by atoms with Crippen molar-refractivity contribution < 1.29 is 4.79 Å². The summed E-state index contributed by atoms with van der Waals surface area (Å²) in [6, 6.07) is 23.6. The van der Waals surface area contributed by atoms with Crippen LogP contribution in [-0.2, 0) is 6.54 Å². The van der Waals surface area contributed by atoms with Crippen molar-refractivity contribution in [3.05, 3.63) is 94.6 Å². The third-order valence-corrected chi connectivity index (χ3v) is 4.73. The average molecular weight is 406 g/mol. The van der Waals surface area contributed by atoms with Gasteiger partial charge in [0.15, 0.2) is 5.82 Å². The summed E-state index contributed by atoms with van der Waals surface area (Å²) in [6.45, 7) is 0.648. The van der Waals surface area contributed by atoms with E-state index in [4.69, 9.17) is 0 Å². The fraction of sp³-hybridized carbons (Fsp3) is 0.0476. The Hall–Kier alpha value is -2.92. The summed E-state index contributed by atoms with van der Waals surface area (Å²) in [6.07, 6.45) is 1.87. The lowest BCUT2D eigenvalue weighted by Gasteiger charge is -2.07. The number of rotatable bonds is 4. The van der Waals surface area contributed by atoms with E-state index in [9.17, 15) is 4.79 Å². The second-order valence-corrected chi connectivity index (χ2v) is 6.91. The van der Waals surface area contributed by atoms with Crippen LogP contribution in [0.2, 0.25) is 0 Å². The lowest BCUT2D eigenvalue weighted by atomic mass is 10.0. The first-order valence-electron chi connectivity index (χ1n) is 8.26. The van der Waals surface area contributed by atoms with Crippen LogP contribution in [0.5, 0.6) is 0 Å². The molecule has 0 bridgehead atoms. The molecule has 128 valence electrons. The number of fused-ring (bicyclic) bond motifs is 1. The molecule has 4 nitrogen and oxygen atoms in total. The summed E-state index contributed by atoms with van der Waals surface area (Å²) in [5.74, 6) is 0.367. The molecule has 1 aromatic heterocycles. The Morgan fingerprint density at radius 3 is 2.58 bits per heavy atom. The Bertz CT molecular complexity index is 1060. The quantitative estimate of drug-likeness (QED) is 0.513. The SMILES string of the molecule is O=C(Nc1ccn(Cc2cccc3ccccc23)n1)c1ccc(Br)cc1. The number of carbonyl (C=O) groups is 1. The Labute approximate surface area is 159 Å². The largest absolute Gasteiger partial charge is 0.305 e. The van der Waals surface area contributed by atoms with Crippen molar-refractivity contribution in [2.75, 3.05) is 5.32 Å². The van der Waals surface area contributed by atoms with Crippen molar-refractivity contribution in [3.63, 3.8) is 0 Å². The first-order chi connectivity index (χ1) is 12.7. The monoisotopic (exact) mass is 405 g/mol. The van der Waals surface area contributed by atoms with Gasteiger partial charge >= 0.3 is 0 Å². The maximum absolute atomic E-state index is 12.3. The van der Waals surface area contributed by atoms with Gasteiger partial charge in [-0.25, -0.2) is 0 Å². The van der Waals surface area contributed by atoms with Crippen molar-refractivity contribution in [1.82, 2.24) is 9.78 Å².